The van der Waals surface area contributed by atoms with Crippen molar-refractivity contribution in [2.24, 2.45) is 5.92 Å². The fourth-order valence-electron chi connectivity index (χ4n) is 2.52. The third kappa shape index (κ3) is 3.76. The molecule has 0 aliphatic carbocycles. The highest BCUT2D eigenvalue weighted by Gasteiger charge is 2.36. The Morgan fingerprint density at radius 2 is 2.04 bits per heavy atom. The highest BCUT2D eigenvalue weighted by molar-refractivity contribution is 5.97. The maximum absolute atomic E-state index is 11.6. The van der Waals surface area contributed by atoms with Crippen molar-refractivity contribution in [3.8, 4) is 11.5 Å². The molecule has 0 fully saturated rings. The van der Waals surface area contributed by atoms with Gasteiger partial charge in [0.15, 0.2) is 11.9 Å². The maximum Gasteiger partial charge on any atom is 0.306 e. The van der Waals surface area contributed by atoms with Gasteiger partial charge in [-0.1, -0.05) is 20.4 Å². The minimum atomic E-state index is -1.05. The summed E-state index contributed by atoms with van der Waals surface area (Å²) >= 11 is 0. The highest BCUT2D eigenvalue weighted by Crippen LogP contribution is 2.42. The highest BCUT2D eigenvalue weighted by atomic mass is 16.5. The van der Waals surface area contributed by atoms with Crippen LogP contribution in [-0.2, 0) is 9.53 Å². The summed E-state index contributed by atoms with van der Waals surface area (Å²) < 4.78 is 10.8. The third-order valence-corrected chi connectivity index (χ3v) is 3.76. The van der Waals surface area contributed by atoms with E-state index in [-0.39, 0.29) is 35.6 Å². The Hall–Kier alpha value is -2.34. The number of esters is 1. The zero-order chi connectivity index (χ0) is 18.0. The van der Waals surface area contributed by atoms with Gasteiger partial charge in [-0.25, -0.2) is 0 Å². The SMILES string of the molecule is C=C(COC(=O)CC(C)C)[C@H]1Oc2cc(C(C)=O)c(O)cc2[C@H]1O. The van der Waals surface area contributed by atoms with Crippen molar-refractivity contribution in [3.63, 3.8) is 0 Å². The van der Waals surface area contributed by atoms with E-state index in [1.54, 1.807) is 0 Å². The molecule has 0 spiro atoms. The maximum atomic E-state index is 11.6. The molecule has 2 atom stereocenters. The van der Waals surface area contributed by atoms with Crippen LogP contribution in [0.25, 0.3) is 0 Å². The molecule has 2 N–H and O–H groups in total. The fourth-order valence-corrected chi connectivity index (χ4v) is 2.52. The number of aromatic hydroxyl groups is 1. The van der Waals surface area contributed by atoms with E-state index in [2.05, 4.69) is 6.58 Å². The molecular formula is C18H22O6. The molecule has 6 heteroatoms. The standard InChI is InChI=1S/C18H22O6/c1-9(2)5-16(21)23-8-10(3)18-17(22)13-6-14(20)12(11(4)19)7-15(13)24-18/h6-7,9,17-18,20,22H,3,5,8H2,1-2,4H3/t17-,18-/m1/s1. The van der Waals surface area contributed by atoms with Gasteiger partial charge in [-0.15, -0.1) is 0 Å². The van der Waals surface area contributed by atoms with Crippen LogP contribution in [-0.4, -0.2) is 34.7 Å². The molecule has 130 valence electrons. The van der Waals surface area contributed by atoms with Crippen molar-refractivity contribution >= 4 is 11.8 Å². The number of phenols is 1. The Kier molecular flexibility index (Phi) is 5.29. The number of Topliss-reactive ketones (excluding diaryl/α,β-unsaturated/α-hetero) is 1. The van der Waals surface area contributed by atoms with Gasteiger partial charge < -0.3 is 19.7 Å². The number of carbonyl (C=O) groups excluding carboxylic acids is 2. The zero-order valence-corrected chi connectivity index (χ0v) is 14.0. The van der Waals surface area contributed by atoms with Crippen molar-refractivity contribution in [1.29, 1.82) is 0 Å². The first kappa shape index (κ1) is 18.0. The molecule has 1 aromatic carbocycles. The molecule has 0 radical (unpaired) electrons. The number of rotatable bonds is 6. The van der Waals surface area contributed by atoms with Crippen LogP contribution < -0.4 is 4.74 Å². The van der Waals surface area contributed by atoms with E-state index in [1.807, 2.05) is 13.8 Å². The van der Waals surface area contributed by atoms with Gasteiger partial charge in [0.25, 0.3) is 0 Å². The second-order valence-electron chi connectivity index (χ2n) is 6.36. The van der Waals surface area contributed by atoms with Crippen LogP contribution in [0.5, 0.6) is 11.5 Å². The Morgan fingerprint density at radius 3 is 2.62 bits per heavy atom. The summed E-state index contributed by atoms with van der Waals surface area (Å²) in [4.78, 5) is 23.1. The fraction of sp³-hybridized carbons (Fsp3) is 0.444. The van der Waals surface area contributed by atoms with E-state index in [9.17, 15) is 19.8 Å². The second-order valence-corrected chi connectivity index (χ2v) is 6.36. The number of aliphatic hydroxyl groups excluding tert-OH is 1. The number of benzene rings is 1. The topological polar surface area (TPSA) is 93.1 Å². The molecule has 0 saturated heterocycles. The first-order chi connectivity index (χ1) is 11.2. The Morgan fingerprint density at radius 1 is 1.38 bits per heavy atom. The van der Waals surface area contributed by atoms with Crippen molar-refractivity contribution in [1.82, 2.24) is 0 Å². The molecule has 2 rings (SSSR count). The smallest absolute Gasteiger partial charge is 0.306 e. The van der Waals surface area contributed by atoms with Gasteiger partial charge >= 0.3 is 5.97 Å². The summed E-state index contributed by atoms with van der Waals surface area (Å²) in [5, 5.41) is 20.2. The number of aliphatic hydroxyl groups is 1. The number of phenolic OH excluding ortho intramolecular Hbond substituents is 1. The van der Waals surface area contributed by atoms with Gasteiger partial charge in [0.05, 0.1) is 5.56 Å². The molecule has 1 aliphatic rings. The van der Waals surface area contributed by atoms with Crippen LogP contribution >= 0.6 is 0 Å². The summed E-state index contributed by atoms with van der Waals surface area (Å²) in [6.45, 7) is 8.90. The van der Waals surface area contributed by atoms with Crippen LogP contribution in [0.1, 0.15) is 49.2 Å². The lowest BCUT2D eigenvalue weighted by Crippen LogP contribution is -2.24. The number of hydrogen-bond donors (Lipinski definition) is 2. The summed E-state index contributed by atoms with van der Waals surface area (Å²) in [6, 6.07) is 2.71. The molecule has 0 saturated carbocycles. The first-order valence-electron chi connectivity index (χ1n) is 7.76. The molecule has 0 aromatic heterocycles. The Labute approximate surface area is 140 Å². The van der Waals surface area contributed by atoms with Crippen LogP contribution in [0.15, 0.2) is 24.3 Å². The molecule has 1 aromatic rings. The predicted molar refractivity (Wildman–Crippen MR) is 87.0 cm³/mol. The summed E-state index contributed by atoms with van der Waals surface area (Å²) in [5.74, 6) is -0.356. The number of carbonyl (C=O) groups is 2. The average Bonchev–Trinajstić information content (AvgIpc) is 2.80. The average molecular weight is 334 g/mol. The number of fused-ring (bicyclic) bond motifs is 1. The third-order valence-electron chi connectivity index (χ3n) is 3.76. The van der Waals surface area contributed by atoms with Crippen molar-refractivity contribution in [2.45, 2.75) is 39.4 Å². The van der Waals surface area contributed by atoms with Crippen molar-refractivity contribution < 1.29 is 29.3 Å². The quantitative estimate of drug-likeness (QED) is 0.472. The van der Waals surface area contributed by atoms with E-state index < -0.39 is 12.2 Å². The van der Waals surface area contributed by atoms with Crippen molar-refractivity contribution in [3.05, 3.63) is 35.4 Å². The molecule has 24 heavy (non-hydrogen) atoms. The summed E-state index contributed by atoms with van der Waals surface area (Å²) in [7, 11) is 0. The van der Waals surface area contributed by atoms with Crippen LogP contribution in [0, 0.1) is 5.92 Å². The summed E-state index contributed by atoms with van der Waals surface area (Å²) in [5.41, 5.74) is 0.896. The van der Waals surface area contributed by atoms with Crippen LogP contribution in [0.2, 0.25) is 0 Å². The van der Waals surface area contributed by atoms with Crippen LogP contribution in [0.3, 0.4) is 0 Å². The molecule has 1 aliphatic heterocycles. The van der Waals surface area contributed by atoms with Crippen LogP contribution in [0.4, 0.5) is 0 Å². The van der Waals surface area contributed by atoms with Gasteiger partial charge in [-0.05, 0) is 25.0 Å². The van der Waals surface area contributed by atoms with E-state index in [4.69, 9.17) is 9.47 Å². The van der Waals surface area contributed by atoms with Gasteiger partial charge in [0.1, 0.15) is 24.2 Å². The lowest BCUT2D eigenvalue weighted by Gasteiger charge is -2.17. The predicted octanol–water partition coefficient (Wildman–Crippen LogP) is 2.53. The van der Waals surface area contributed by atoms with E-state index in [0.717, 1.165) is 0 Å². The molecule has 1 heterocycles. The normalized spacial score (nSPS) is 18.9. The second kappa shape index (κ2) is 7.05. The van der Waals surface area contributed by atoms with E-state index in [0.29, 0.717) is 23.3 Å². The monoisotopic (exact) mass is 334 g/mol. The molecular weight excluding hydrogens is 312 g/mol. The zero-order valence-electron chi connectivity index (χ0n) is 14.0. The number of hydrogen-bond acceptors (Lipinski definition) is 6. The number of ketones is 1. The largest absolute Gasteiger partial charge is 0.507 e. The molecule has 0 unspecified atom stereocenters. The molecule has 0 bridgehead atoms. The van der Waals surface area contributed by atoms with Gasteiger partial charge in [-0.2, -0.15) is 0 Å². The molecule has 6 nitrogen and oxygen atoms in total. The minimum Gasteiger partial charge on any atom is -0.507 e. The van der Waals surface area contributed by atoms with E-state index in [1.165, 1.54) is 19.1 Å². The Bertz CT molecular complexity index is 676. The number of ether oxygens (including phenoxy) is 2. The Balaban J connectivity index is 2.07. The molecule has 0 amide bonds. The lowest BCUT2D eigenvalue weighted by atomic mass is 9.99. The minimum absolute atomic E-state index is 0.0627. The van der Waals surface area contributed by atoms with Crippen molar-refractivity contribution in [2.75, 3.05) is 6.61 Å². The summed E-state index contributed by atoms with van der Waals surface area (Å²) in [6.07, 6.45) is -1.55. The van der Waals surface area contributed by atoms with Gasteiger partial charge in [0, 0.05) is 17.6 Å². The lowest BCUT2D eigenvalue weighted by molar-refractivity contribution is -0.143. The van der Waals surface area contributed by atoms with Gasteiger partial charge in [-0.3, -0.25) is 9.59 Å². The van der Waals surface area contributed by atoms with Gasteiger partial charge in [0.2, 0.25) is 0 Å². The first-order valence-corrected chi connectivity index (χ1v) is 7.76. The van der Waals surface area contributed by atoms with E-state index >= 15 is 0 Å².